The molecule has 0 atom stereocenters. The molecule has 2 aromatic carbocycles. The smallest absolute Gasteiger partial charge is 0.258 e. The van der Waals surface area contributed by atoms with Crippen LogP contribution in [0.5, 0.6) is 0 Å². The van der Waals surface area contributed by atoms with Crippen molar-refractivity contribution in [2.24, 2.45) is 0 Å². The van der Waals surface area contributed by atoms with E-state index in [1.54, 1.807) is 0 Å². The molecule has 7 heteroatoms. The zero-order valence-corrected chi connectivity index (χ0v) is 14.3. The Balaban J connectivity index is 2.42. The summed E-state index contributed by atoms with van der Waals surface area (Å²) in [5.41, 5.74) is 0.447. The van der Waals surface area contributed by atoms with Crippen molar-refractivity contribution in [3.05, 3.63) is 70.3 Å². The topological polar surface area (TPSA) is 80.5 Å². The highest BCUT2D eigenvalue weighted by Gasteiger charge is 2.31. The van der Waals surface area contributed by atoms with Crippen molar-refractivity contribution in [1.82, 2.24) is 4.31 Å². The van der Waals surface area contributed by atoms with Gasteiger partial charge in [-0.1, -0.05) is 55.8 Å². The molecule has 0 fully saturated rings. The third-order valence-electron chi connectivity index (χ3n) is 3.64. The lowest BCUT2D eigenvalue weighted by Crippen LogP contribution is -2.32. The Morgan fingerprint density at radius 2 is 1.67 bits per heavy atom. The number of hydrogen-bond donors (Lipinski definition) is 0. The molecule has 0 bridgehead atoms. The van der Waals surface area contributed by atoms with E-state index in [-0.39, 0.29) is 11.4 Å². The Hall–Kier alpha value is -2.25. The van der Waals surface area contributed by atoms with Crippen LogP contribution >= 0.6 is 0 Å². The quantitative estimate of drug-likeness (QED) is 0.539. The maximum atomic E-state index is 13.0. The van der Waals surface area contributed by atoms with Crippen molar-refractivity contribution in [1.29, 1.82) is 0 Å². The van der Waals surface area contributed by atoms with Crippen LogP contribution in [-0.4, -0.2) is 24.2 Å². The summed E-state index contributed by atoms with van der Waals surface area (Å²) in [6.45, 7) is 2.48. The highest BCUT2D eigenvalue weighted by molar-refractivity contribution is 7.89. The van der Waals surface area contributed by atoms with Crippen LogP contribution in [0.1, 0.15) is 25.3 Å². The molecule has 0 amide bonds. The zero-order valence-electron chi connectivity index (χ0n) is 13.5. The summed E-state index contributed by atoms with van der Waals surface area (Å²) in [5.74, 6) is 0. The number of nitro groups is 1. The minimum atomic E-state index is -3.96. The Bertz CT molecular complexity index is 791. The van der Waals surface area contributed by atoms with E-state index in [9.17, 15) is 18.5 Å². The molecule has 2 rings (SSSR count). The molecular weight excluding hydrogens is 328 g/mol. The van der Waals surface area contributed by atoms with E-state index >= 15 is 0 Å². The van der Waals surface area contributed by atoms with Crippen LogP contribution < -0.4 is 0 Å². The summed E-state index contributed by atoms with van der Waals surface area (Å²) in [7, 11) is -3.96. The highest BCUT2D eigenvalue weighted by Crippen LogP contribution is 2.27. The van der Waals surface area contributed by atoms with E-state index < -0.39 is 20.6 Å². The van der Waals surface area contributed by atoms with Gasteiger partial charge in [0.15, 0.2) is 4.90 Å². The fourth-order valence-corrected chi connectivity index (χ4v) is 4.00. The summed E-state index contributed by atoms with van der Waals surface area (Å²) < 4.78 is 27.3. The van der Waals surface area contributed by atoms with Crippen LogP contribution in [0.15, 0.2) is 59.5 Å². The maximum Gasteiger partial charge on any atom is 0.289 e. The number of hydrogen-bond acceptors (Lipinski definition) is 4. The molecule has 0 aliphatic rings. The Morgan fingerprint density at radius 1 is 1.04 bits per heavy atom. The average molecular weight is 348 g/mol. The van der Waals surface area contributed by atoms with E-state index in [2.05, 4.69) is 0 Å². The summed E-state index contributed by atoms with van der Waals surface area (Å²) in [6, 6.07) is 14.7. The van der Waals surface area contributed by atoms with Crippen LogP contribution in [-0.2, 0) is 16.6 Å². The van der Waals surface area contributed by atoms with Crippen LogP contribution in [0.3, 0.4) is 0 Å². The van der Waals surface area contributed by atoms with E-state index in [1.807, 2.05) is 37.3 Å². The van der Waals surface area contributed by atoms with Gasteiger partial charge in [-0.05, 0) is 18.1 Å². The second-order valence-corrected chi connectivity index (χ2v) is 7.31. The van der Waals surface area contributed by atoms with Crippen molar-refractivity contribution in [3.8, 4) is 0 Å². The minimum absolute atomic E-state index is 0.190. The Morgan fingerprint density at radius 3 is 2.29 bits per heavy atom. The van der Waals surface area contributed by atoms with Crippen molar-refractivity contribution in [2.45, 2.75) is 31.2 Å². The van der Waals surface area contributed by atoms with Crippen LogP contribution in [0, 0.1) is 10.1 Å². The van der Waals surface area contributed by atoms with Crippen molar-refractivity contribution >= 4 is 15.7 Å². The molecule has 0 aliphatic heterocycles. The van der Waals surface area contributed by atoms with Gasteiger partial charge in [-0.3, -0.25) is 10.1 Å². The second kappa shape index (κ2) is 8.03. The predicted octanol–water partition coefficient (Wildman–Crippen LogP) is 3.59. The molecule has 0 saturated heterocycles. The lowest BCUT2D eigenvalue weighted by atomic mass is 10.2. The van der Waals surface area contributed by atoms with Gasteiger partial charge in [-0.25, -0.2) is 8.42 Å². The van der Waals surface area contributed by atoms with Crippen molar-refractivity contribution < 1.29 is 13.3 Å². The van der Waals surface area contributed by atoms with Crippen LogP contribution in [0.4, 0.5) is 5.69 Å². The van der Waals surface area contributed by atoms with Gasteiger partial charge >= 0.3 is 0 Å². The first-order valence-electron chi connectivity index (χ1n) is 7.74. The zero-order chi connectivity index (χ0) is 17.6. The monoisotopic (exact) mass is 348 g/mol. The van der Waals surface area contributed by atoms with Gasteiger partial charge in [0.2, 0.25) is 10.0 Å². The Kier molecular flexibility index (Phi) is 6.05. The number of nitro benzene ring substituents is 1. The molecule has 0 aliphatic carbocycles. The van der Waals surface area contributed by atoms with Crippen LogP contribution in [0.2, 0.25) is 0 Å². The highest BCUT2D eigenvalue weighted by atomic mass is 32.2. The van der Waals surface area contributed by atoms with E-state index in [4.69, 9.17) is 0 Å². The Labute approximate surface area is 141 Å². The first-order valence-corrected chi connectivity index (χ1v) is 9.18. The molecule has 0 heterocycles. The number of benzene rings is 2. The number of rotatable bonds is 8. The van der Waals surface area contributed by atoms with Crippen LogP contribution in [0.25, 0.3) is 0 Å². The molecule has 0 N–H and O–H groups in total. The molecular formula is C17H20N2O4S. The molecule has 2 aromatic rings. The second-order valence-electron chi connectivity index (χ2n) is 5.40. The fourth-order valence-electron chi connectivity index (χ4n) is 2.37. The third-order valence-corrected chi connectivity index (χ3v) is 5.54. The molecule has 24 heavy (non-hydrogen) atoms. The number of unbranched alkanes of at least 4 members (excludes halogenated alkanes) is 1. The maximum absolute atomic E-state index is 13.0. The van der Waals surface area contributed by atoms with Gasteiger partial charge in [0.05, 0.1) is 4.92 Å². The molecule has 128 valence electrons. The van der Waals surface area contributed by atoms with E-state index in [0.29, 0.717) is 13.0 Å². The SMILES string of the molecule is CCCCN(Cc1ccccc1)S(=O)(=O)c1ccccc1[N+](=O)[O-]. The van der Waals surface area contributed by atoms with E-state index in [1.165, 1.54) is 28.6 Å². The molecule has 6 nitrogen and oxygen atoms in total. The van der Waals surface area contributed by atoms with Gasteiger partial charge in [-0.2, -0.15) is 4.31 Å². The largest absolute Gasteiger partial charge is 0.289 e. The fraction of sp³-hybridized carbons (Fsp3) is 0.294. The lowest BCUT2D eigenvalue weighted by molar-refractivity contribution is -0.387. The van der Waals surface area contributed by atoms with Crippen molar-refractivity contribution in [2.75, 3.05) is 6.54 Å². The molecule has 0 saturated carbocycles. The number of para-hydroxylation sites is 1. The summed E-state index contributed by atoms with van der Waals surface area (Å²) in [6.07, 6.45) is 1.52. The average Bonchev–Trinajstić information content (AvgIpc) is 2.59. The first kappa shape index (κ1) is 18.1. The number of nitrogens with zero attached hydrogens (tertiary/aromatic N) is 2. The van der Waals surface area contributed by atoms with Gasteiger partial charge in [0.1, 0.15) is 0 Å². The summed E-state index contributed by atoms with van der Waals surface area (Å²) in [5, 5.41) is 11.2. The van der Waals surface area contributed by atoms with Gasteiger partial charge in [0, 0.05) is 19.2 Å². The summed E-state index contributed by atoms with van der Waals surface area (Å²) >= 11 is 0. The van der Waals surface area contributed by atoms with Gasteiger partial charge in [-0.15, -0.1) is 0 Å². The predicted molar refractivity (Wildman–Crippen MR) is 92.0 cm³/mol. The first-order chi connectivity index (χ1) is 11.5. The molecule has 0 unspecified atom stereocenters. The standard InChI is InChI=1S/C17H20N2O4S/c1-2-3-13-18(14-15-9-5-4-6-10-15)24(22,23)17-12-8-7-11-16(17)19(20)21/h4-12H,2-3,13-14H2,1H3. The lowest BCUT2D eigenvalue weighted by Gasteiger charge is -2.22. The molecule has 0 spiro atoms. The molecule has 0 aromatic heterocycles. The third kappa shape index (κ3) is 4.18. The number of sulfonamides is 1. The normalized spacial score (nSPS) is 11.6. The van der Waals surface area contributed by atoms with Gasteiger partial charge < -0.3 is 0 Å². The van der Waals surface area contributed by atoms with E-state index in [0.717, 1.165) is 12.0 Å². The summed E-state index contributed by atoms with van der Waals surface area (Å²) in [4.78, 5) is 10.3. The van der Waals surface area contributed by atoms with Crippen molar-refractivity contribution in [3.63, 3.8) is 0 Å². The molecule has 0 radical (unpaired) electrons. The minimum Gasteiger partial charge on any atom is -0.258 e. The van der Waals surface area contributed by atoms with Gasteiger partial charge in [0.25, 0.3) is 5.69 Å².